The molecule has 0 amide bonds. The number of rotatable bonds is 23. The first kappa shape index (κ1) is 59.7. The molecule has 0 saturated carbocycles. The number of nitrogens with one attached hydrogen (secondary N) is 1. The zero-order valence-corrected chi connectivity index (χ0v) is 56.1. The standard InChI is InChI=1S/C48H85N3O15SSi8/c1-36(2)29-69-55-68(27-17-26-50-67(52,53)46-24-20-44(21-25-46)48-49-28-47(54-48)43-18-22-45(23-19-43)51(15)16)56-70(30-37(3)4)60-72(58-69,32-39(7)8)64-75(35-42(13)14)65-73(59-69,33-40(9)10)61-71(57-68,31-38(5)6)63-74(62-70,66-75)34-41(11)12/h18-25,28,36-42,50H,17,26-27,29-35H2,1-16H3. The summed E-state index contributed by atoms with van der Waals surface area (Å²) in [7, 11) is -33.0. The highest BCUT2D eigenvalue weighted by molar-refractivity contribution is 7.89. The predicted molar refractivity (Wildman–Crippen MR) is 303 cm³/mol. The van der Waals surface area contributed by atoms with Gasteiger partial charge in [-0.05, 0) is 96.4 Å². The summed E-state index contributed by atoms with van der Waals surface area (Å²) in [4.78, 5) is 6.62. The Hall–Kier alpha value is -1.38. The fourth-order valence-electron chi connectivity index (χ4n) is 10.7. The topological polar surface area (TPSA) is 186 Å². The Labute approximate surface area is 456 Å². The molecule has 6 fully saturated rings. The van der Waals surface area contributed by atoms with Gasteiger partial charge in [-0.25, -0.2) is 18.1 Å². The van der Waals surface area contributed by atoms with E-state index in [1.165, 1.54) is 0 Å². The smallest absolute Gasteiger partial charge is 0.436 e. The van der Waals surface area contributed by atoms with E-state index in [0.29, 0.717) is 59.5 Å². The normalized spacial score (nSPS) is 32.8. The Kier molecular flexibility index (Phi) is 17.9. The first-order chi connectivity index (χ1) is 35.0. The van der Waals surface area contributed by atoms with E-state index in [2.05, 4.69) is 107 Å². The van der Waals surface area contributed by atoms with Crippen LogP contribution in [0, 0.1) is 41.4 Å². The predicted octanol–water partition coefficient (Wildman–Crippen LogP) is 11.1. The summed E-state index contributed by atoms with van der Waals surface area (Å²) in [5, 5.41) is 0. The van der Waals surface area contributed by atoms with Crippen LogP contribution >= 0.6 is 0 Å². The van der Waals surface area contributed by atoms with Crippen LogP contribution in [-0.4, -0.2) is 104 Å². The first-order valence-corrected chi connectivity index (χ1v) is 44.1. The summed E-state index contributed by atoms with van der Waals surface area (Å²) < 4.78 is 131. The van der Waals surface area contributed by atoms with Gasteiger partial charge in [0.2, 0.25) is 15.9 Å². The maximum absolute atomic E-state index is 14.1. The van der Waals surface area contributed by atoms with Crippen LogP contribution < -0.4 is 9.62 Å². The van der Waals surface area contributed by atoms with Gasteiger partial charge in [0.15, 0.2) is 5.76 Å². The first-order valence-electron chi connectivity index (χ1n) is 27.2. The average molecular weight is 1200 g/mol. The van der Waals surface area contributed by atoms with E-state index >= 15 is 0 Å². The fraction of sp³-hybridized carbons (Fsp3) is 0.688. The van der Waals surface area contributed by atoms with Gasteiger partial charge >= 0.3 is 70.4 Å². The quantitative estimate of drug-likeness (QED) is 0.0697. The van der Waals surface area contributed by atoms with E-state index in [1.54, 1.807) is 30.5 Å². The van der Waals surface area contributed by atoms with Gasteiger partial charge in [0, 0.05) is 85.8 Å². The number of oxazole rings is 1. The fourth-order valence-corrected chi connectivity index (χ4v) is 63.4. The third kappa shape index (κ3) is 13.9. The summed E-state index contributed by atoms with van der Waals surface area (Å²) in [6.45, 7) is 29.8. The minimum atomic E-state index is -4.29. The van der Waals surface area contributed by atoms with Crippen molar-refractivity contribution in [3.05, 3.63) is 54.7 Å². The van der Waals surface area contributed by atoms with E-state index in [1.807, 2.05) is 43.3 Å². The van der Waals surface area contributed by atoms with Crippen molar-refractivity contribution in [2.45, 2.75) is 157 Å². The lowest BCUT2D eigenvalue weighted by Crippen LogP contribution is -2.88. The highest BCUT2D eigenvalue weighted by atomic mass is 32.2. The molecule has 0 atom stereocenters. The lowest BCUT2D eigenvalue weighted by molar-refractivity contribution is -0.0341. The molecular formula is C48H85N3O15SSi8. The second-order valence-corrected chi connectivity index (χ2v) is 50.2. The molecule has 6 saturated heterocycles. The van der Waals surface area contributed by atoms with E-state index in [0.717, 1.165) is 11.3 Å². The van der Waals surface area contributed by atoms with Crippen LogP contribution in [0.4, 0.5) is 5.69 Å². The molecule has 75 heavy (non-hydrogen) atoms. The minimum Gasteiger partial charge on any atom is -0.436 e. The molecule has 0 unspecified atom stereocenters. The lowest BCUT2D eigenvalue weighted by atomic mass is 10.1. The number of nitrogens with zero attached hydrogens (tertiary/aromatic N) is 2. The van der Waals surface area contributed by atoms with Gasteiger partial charge in [-0.15, -0.1) is 0 Å². The Bertz CT molecular complexity index is 2390. The Balaban J connectivity index is 1.20. The largest absolute Gasteiger partial charge is 0.479 e. The lowest BCUT2D eigenvalue weighted by Gasteiger charge is -2.64. The Morgan fingerprint density at radius 1 is 0.453 bits per heavy atom. The van der Waals surface area contributed by atoms with Gasteiger partial charge in [0.05, 0.1) is 11.1 Å². The van der Waals surface area contributed by atoms with Crippen LogP contribution in [0.5, 0.6) is 0 Å². The molecule has 27 heteroatoms. The highest BCUT2D eigenvalue weighted by Crippen LogP contribution is 2.56. The zero-order valence-electron chi connectivity index (χ0n) is 47.2. The number of sulfonamides is 1. The van der Waals surface area contributed by atoms with E-state index in [4.69, 9.17) is 53.8 Å². The van der Waals surface area contributed by atoms with Crippen LogP contribution in [-0.2, 0) is 59.4 Å². The number of hydrogen-bond donors (Lipinski definition) is 1. The molecule has 0 spiro atoms. The number of benzene rings is 2. The van der Waals surface area contributed by atoms with Crippen molar-refractivity contribution >= 4 is 86.1 Å². The van der Waals surface area contributed by atoms with E-state index < -0.39 is 80.5 Å². The maximum Gasteiger partial charge on any atom is 0.479 e. The summed E-state index contributed by atoms with van der Waals surface area (Å²) in [6.07, 6.45) is 1.92. The molecule has 9 rings (SSSR count). The number of hydrogen-bond acceptors (Lipinski definition) is 17. The monoisotopic (exact) mass is 1200 g/mol. The number of aromatic nitrogens is 1. The molecule has 0 aliphatic carbocycles. The average Bonchev–Trinajstić information content (AvgIpc) is 3.71. The molecular weight excluding hydrogens is 1120 g/mol. The molecule has 7 heterocycles. The molecule has 0 radical (unpaired) electrons. The Morgan fingerprint density at radius 3 is 1.07 bits per heavy atom. The molecule has 8 bridgehead atoms. The van der Waals surface area contributed by atoms with Gasteiger partial charge in [-0.1, -0.05) is 96.9 Å². The van der Waals surface area contributed by atoms with Crippen LogP contribution in [0.15, 0.2) is 64.0 Å². The molecule has 3 aromatic rings. The van der Waals surface area contributed by atoms with Gasteiger partial charge in [-0.2, -0.15) is 0 Å². The van der Waals surface area contributed by atoms with E-state index in [9.17, 15) is 8.42 Å². The van der Waals surface area contributed by atoms with Crippen LogP contribution in [0.25, 0.3) is 22.8 Å². The van der Waals surface area contributed by atoms with Gasteiger partial charge < -0.3 is 58.7 Å². The second kappa shape index (κ2) is 22.5. The molecule has 420 valence electrons. The Morgan fingerprint density at radius 2 is 0.760 bits per heavy atom. The van der Waals surface area contributed by atoms with Crippen molar-refractivity contribution in [3.8, 4) is 22.8 Å². The number of anilines is 1. The highest BCUT2D eigenvalue weighted by Gasteiger charge is 2.83. The van der Waals surface area contributed by atoms with Gasteiger partial charge in [-0.3, -0.25) is 0 Å². The molecule has 1 N–H and O–H groups in total. The van der Waals surface area contributed by atoms with Crippen molar-refractivity contribution in [1.29, 1.82) is 0 Å². The van der Waals surface area contributed by atoms with Crippen LogP contribution in [0.2, 0.25) is 48.4 Å². The molecule has 6 aliphatic rings. The SMILES string of the molecule is CC(C)C[Si]12O[Si]3(CCCNS(=O)(=O)c4ccc(-c5ncc(-c6ccc(N(C)C)cc6)o5)cc4)O[Si]4(CC(C)C)O[Si](CC(C)C)(O1)O[Si]1(CC(C)C)O[Si](CC(C)C)(O2)O[Si](CC(C)C)(O3)O[Si](CC(C)C)(O4)O1. The molecule has 18 nitrogen and oxygen atoms in total. The van der Waals surface area contributed by atoms with Gasteiger partial charge in [0.1, 0.15) is 0 Å². The van der Waals surface area contributed by atoms with Crippen LogP contribution in [0.1, 0.15) is 103 Å². The maximum atomic E-state index is 14.1. The molecule has 6 aliphatic heterocycles. The van der Waals surface area contributed by atoms with Crippen molar-refractivity contribution in [2.24, 2.45) is 41.4 Å². The third-order valence-electron chi connectivity index (χ3n) is 12.9. The summed E-state index contributed by atoms with van der Waals surface area (Å²) in [6, 6.07) is 17.4. The molecule has 1 aromatic heterocycles. The third-order valence-corrected chi connectivity index (χ3v) is 54.4. The summed E-state index contributed by atoms with van der Waals surface area (Å²) >= 11 is 0. The van der Waals surface area contributed by atoms with Crippen molar-refractivity contribution in [1.82, 2.24) is 9.71 Å². The molecule has 2 aromatic carbocycles. The van der Waals surface area contributed by atoms with E-state index in [-0.39, 0.29) is 65.3 Å². The summed E-state index contributed by atoms with van der Waals surface area (Å²) in [5.74, 6) is 1.20. The minimum absolute atomic E-state index is 0.00564. The van der Waals surface area contributed by atoms with Crippen molar-refractivity contribution in [2.75, 3.05) is 25.5 Å². The van der Waals surface area contributed by atoms with Gasteiger partial charge in [0.25, 0.3) is 0 Å². The van der Waals surface area contributed by atoms with Crippen molar-refractivity contribution in [3.63, 3.8) is 0 Å². The summed E-state index contributed by atoms with van der Waals surface area (Å²) in [5.41, 5.74) is 2.59. The van der Waals surface area contributed by atoms with Crippen molar-refractivity contribution < 1.29 is 62.2 Å². The zero-order chi connectivity index (χ0) is 54.6. The second-order valence-electron chi connectivity index (χ2n) is 24.4. The van der Waals surface area contributed by atoms with Crippen LogP contribution in [0.3, 0.4) is 0 Å².